The first-order valence-corrected chi connectivity index (χ1v) is 9.93. The third-order valence-electron chi connectivity index (χ3n) is 5.40. The van der Waals surface area contributed by atoms with Crippen molar-refractivity contribution in [2.45, 2.75) is 75.8 Å². The number of aliphatic hydroxyl groups excluding tert-OH is 1. The zero-order valence-corrected chi connectivity index (χ0v) is 17.3. The summed E-state index contributed by atoms with van der Waals surface area (Å²) in [6, 6.07) is 4.25. The maximum absolute atomic E-state index is 12.4. The Morgan fingerprint density at radius 1 is 1.35 bits per heavy atom. The zero-order chi connectivity index (χ0) is 23.4. The van der Waals surface area contributed by atoms with Crippen LogP contribution in [0.2, 0.25) is 0 Å². The Morgan fingerprint density at radius 3 is 2.52 bits per heavy atom. The first-order chi connectivity index (χ1) is 14.3. The minimum Gasteiger partial charge on any atom is -0.406 e. The predicted octanol–water partition coefficient (Wildman–Crippen LogP) is 1.65. The Bertz CT molecular complexity index is 738. The summed E-state index contributed by atoms with van der Waals surface area (Å²) in [5.41, 5.74) is 6.41. The Kier molecular flexibility index (Phi) is 8.28. The van der Waals surface area contributed by atoms with Crippen LogP contribution in [0.4, 0.5) is 13.2 Å². The van der Waals surface area contributed by atoms with Crippen molar-refractivity contribution in [3.05, 3.63) is 29.8 Å². The number of benzene rings is 1. The lowest BCUT2D eigenvalue weighted by Gasteiger charge is -2.43. The zero-order valence-electron chi connectivity index (χ0n) is 17.3. The van der Waals surface area contributed by atoms with E-state index in [1.54, 1.807) is 13.8 Å². The lowest BCUT2D eigenvalue weighted by atomic mass is 9.73. The fourth-order valence-electron chi connectivity index (χ4n) is 4.20. The molecule has 1 fully saturated rings. The van der Waals surface area contributed by atoms with Gasteiger partial charge >= 0.3 is 6.36 Å². The molecule has 1 amide bonds. The fraction of sp³-hybridized carbons (Fsp3) is 0.650. The molecule has 2 rings (SSSR count). The van der Waals surface area contributed by atoms with Crippen LogP contribution in [0.5, 0.6) is 5.75 Å². The molecule has 0 aliphatic carbocycles. The van der Waals surface area contributed by atoms with Crippen molar-refractivity contribution in [3.8, 4) is 5.75 Å². The quantitative estimate of drug-likeness (QED) is 0.300. The monoisotopic (exact) mass is 450 g/mol. The fourth-order valence-corrected chi connectivity index (χ4v) is 4.20. The van der Waals surface area contributed by atoms with Crippen LogP contribution >= 0.6 is 0 Å². The first-order valence-electron chi connectivity index (χ1n) is 9.93. The normalized spacial score (nSPS) is 27.3. The molecule has 31 heavy (non-hydrogen) atoms. The third-order valence-corrected chi connectivity index (χ3v) is 5.40. The van der Waals surface area contributed by atoms with Gasteiger partial charge in [-0.3, -0.25) is 10.0 Å². The van der Waals surface area contributed by atoms with Crippen molar-refractivity contribution < 1.29 is 42.9 Å². The molecule has 1 heterocycles. The highest BCUT2D eigenvalue weighted by Gasteiger charge is 2.47. The van der Waals surface area contributed by atoms with Crippen molar-refractivity contribution in [2.75, 3.05) is 0 Å². The largest absolute Gasteiger partial charge is 0.573 e. The van der Waals surface area contributed by atoms with Gasteiger partial charge < -0.3 is 25.4 Å². The van der Waals surface area contributed by atoms with E-state index in [1.165, 1.54) is 17.6 Å². The molecule has 176 valence electrons. The van der Waals surface area contributed by atoms with Gasteiger partial charge in [-0.1, -0.05) is 12.1 Å². The lowest BCUT2D eigenvalue weighted by Crippen LogP contribution is -2.55. The maximum atomic E-state index is 12.4. The van der Waals surface area contributed by atoms with Crippen molar-refractivity contribution in [1.29, 1.82) is 0 Å². The average molecular weight is 450 g/mol. The molecular weight excluding hydrogens is 421 g/mol. The molecule has 0 spiro atoms. The van der Waals surface area contributed by atoms with Crippen LogP contribution in [0.15, 0.2) is 24.3 Å². The summed E-state index contributed by atoms with van der Waals surface area (Å²) < 4.78 is 46.7. The number of halogens is 3. The van der Waals surface area contributed by atoms with E-state index in [4.69, 9.17) is 15.7 Å². The van der Waals surface area contributed by atoms with Gasteiger partial charge in [-0.05, 0) is 44.4 Å². The number of hydroxylamine groups is 1. The van der Waals surface area contributed by atoms with E-state index in [1.807, 2.05) is 0 Å². The second-order valence-corrected chi connectivity index (χ2v) is 8.16. The molecule has 1 aromatic rings. The minimum absolute atomic E-state index is 0.00195. The molecule has 0 radical (unpaired) electrons. The van der Waals surface area contributed by atoms with Gasteiger partial charge in [-0.25, -0.2) is 5.48 Å². The molecule has 5 atom stereocenters. The number of nitrogens with one attached hydrogen (secondary N) is 1. The first kappa shape index (κ1) is 25.3. The standard InChI is InChI=1S/C20H29F3N2O6/c1-11-9-19(28,10-12(2)30-11)15(18(27)25-29)8-17(26)16(24)7-13-4-3-5-14(6-13)31-20(21,22)23/h3-6,11-12,15-17,26,28-29H,7-10,24H2,1-2H3,(H,25,27). The van der Waals surface area contributed by atoms with Crippen LogP contribution in [0.1, 0.15) is 38.7 Å². The second-order valence-electron chi connectivity index (χ2n) is 8.16. The van der Waals surface area contributed by atoms with Crippen LogP contribution in [0.3, 0.4) is 0 Å². The number of carbonyl (C=O) groups is 1. The molecule has 1 saturated heterocycles. The summed E-state index contributed by atoms with van der Waals surface area (Å²) in [5.74, 6) is -2.45. The SMILES string of the molecule is CC1CC(O)(C(CC(O)C(N)Cc2cccc(OC(F)(F)F)c2)C(=O)NO)CC(C)O1. The van der Waals surface area contributed by atoms with Crippen LogP contribution in [0.25, 0.3) is 0 Å². The topological polar surface area (TPSA) is 134 Å². The van der Waals surface area contributed by atoms with Crippen LogP contribution in [0, 0.1) is 5.92 Å². The number of ether oxygens (including phenoxy) is 2. The molecule has 5 unspecified atom stereocenters. The number of alkyl halides is 3. The van der Waals surface area contributed by atoms with Crippen molar-refractivity contribution in [3.63, 3.8) is 0 Å². The highest BCUT2D eigenvalue weighted by atomic mass is 19.4. The van der Waals surface area contributed by atoms with Gasteiger partial charge in [0.2, 0.25) is 5.91 Å². The van der Waals surface area contributed by atoms with E-state index < -0.39 is 41.7 Å². The van der Waals surface area contributed by atoms with Gasteiger partial charge in [0.25, 0.3) is 0 Å². The van der Waals surface area contributed by atoms with E-state index in [0.29, 0.717) is 5.56 Å². The van der Waals surface area contributed by atoms with Gasteiger partial charge in [0, 0.05) is 18.9 Å². The van der Waals surface area contributed by atoms with Crippen LogP contribution < -0.4 is 16.0 Å². The summed E-state index contributed by atoms with van der Waals surface area (Å²) >= 11 is 0. The average Bonchev–Trinajstić information content (AvgIpc) is 2.62. The lowest BCUT2D eigenvalue weighted by molar-refractivity contribution is -0.274. The predicted molar refractivity (Wildman–Crippen MR) is 103 cm³/mol. The molecule has 8 nitrogen and oxygen atoms in total. The Hall–Kier alpha value is -1.92. The number of carbonyl (C=O) groups excluding carboxylic acids is 1. The minimum atomic E-state index is -4.83. The molecule has 1 aliphatic rings. The molecule has 11 heteroatoms. The van der Waals surface area contributed by atoms with Gasteiger partial charge in [0.15, 0.2) is 0 Å². The molecule has 0 aromatic heterocycles. The number of hydrogen-bond acceptors (Lipinski definition) is 7. The molecule has 1 aliphatic heterocycles. The van der Waals surface area contributed by atoms with E-state index in [-0.39, 0.29) is 37.9 Å². The van der Waals surface area contributed by atoms with E-state index in [0.717, 1.165) is 12.1 Å². The number of aliphatic hydroxyl groups is 2. The Labute approximate surface area is 178 Å². The molecular formula is C20H29F3N2O6. The maximum Gasteiger partial charge on any atom is 0.573 e. The molecule has 0 bridgehead atoms. The molecule has 0 saturated carbocycles. The van der Waals surface area contributed by atoms with E-state index in [9.17, 15) is 28.2 Å². The van der Waals surface area contributed by atoms with Crippen molar-refractivity contribution in [2.24, 2.45) is 11.7 Å². The smallest absolute Gasteiger partial charge is 0.406 e. The Morgan fingerprint density at radius 2 is 1.97 bits per heavy atom. The van der Waals surface area contributed by atoms with Gasteiger partial charge in [-0.2, -0.15) is 0 Å². The van der Waals surface area contributed by atoms with Crippen molar-refractivity contribution >= 4 is 5.91 Å². The highest BCUT2D eigenvalue weighted by molar-refractivity contribution is 5.78. The summed E-state index contributed by atoms with van der Waals surface area (Å²) in [6.45, 7) is 3.49. The van der Waals surface area contributed by atoms with Gasteiger partial charge in [0.05, 0.1) is 29.8 Å². The summed E-state index contributed by atoms with van der Waals surface area (Å²) in [7, 11) is 0. The number of hydrogen-bond donors (Lipinski definition) is 5. The van der Waals surface area contributed by atoms with Gasteiger partial charge in [-0.15, -0.1) is 13.2 Å². The molecule has 6 N–H and O–H groups in total. The number of rotatable bonds is 8. The number of nitrogens with two attached hydrogens (primary N) is 1. The third kappa shape index (κ3) is 7.32. The summed E-state index contributed by atoms with van der Waals surface area (Å²) in [6.07, 6.45) is -6.83. The van der Waals surface area contributed by atoms with E-state index in [2.05, 4.69) is 4.74 Å². The Balaban J connectivity index is 2.10. The second kappa shape index (κ2) is 10.1. The van der Waals surface area contributed by atoms with E-state index >= 15 is 0 Å². The van der Waals surface area contributed by atoms with Gasteiger partial charge in [0.1, 0.15) is 5.75 Å². The highest BCUT2D eigenvalue weighted by Crippen LogP contribution is 2.37. The van der Waals surface area contributed by atoms with Crippen LogP contribution in [-0.4, -0.2) is 57.6 Å². The summed E-state index contributed by atoms with van der Waals surface area (Å²) in [5, 5.41) is 30.8. The van der Waals surface area contributed by atoms with Crippen LogP contribution in [-0.2, 0) is 16.0 Å². The summed E-state index contributed by atoms with van der Waals surface area (Å²) in [4.78, 5) is 12.3. The molecule has 1 aromatic carbocycles. The van der Waals surface area contributed by atoms with Crippen molar-refractivity contribution in [1.82, 2.24) is 5.48 Å². The number of amides is 1.